The van der Waals surface area contributed by atoms with E-state index in [-0.39, 0.29) is 5.91 Å². The highest BCUT2D eigenvalue weighted by molar-refractivity contribution is 5.72. The highest BCUT2D eigenvalue weighted by Gasteiger charge is 2.04. The normalized spacial score (nSPS) is 11.0. The standard InChI is InChI=1S/C23H42N2O/c1-5-6-7-8-9-10-11-12-13-14-15-16-17-18-19-20-24(3)21-22-25(4)23(2)26/h8-9H,5-7,12-22H2,1-4H3/b9-8-. The lowest BCUT2D eigenvalue weighted by atomic mass is 10.1. The van der Waals surface area contributed by atoms with Crippen LogP contribution in [0.15, 0.2) is 12.2 Å². The molecule has 0 rings (SSSR count). The minimum Gasteiger partial charge on any atom is -0.345 e. The van der Waals surface area contributed by atoms with E-state index in [2.05, 4.69) is 36.8 Å². The molecule has 150 valence electrons. The van der Waals surface area contributed by atoms with Crippen molar-refractivity contribution < 1.29 is 4.79 Å². The van der Waals surface area contributed by atoms with Crippen molar-refractivity contribution in [3.63, 3.8) is 0 Å². The zero-order valence-electron chi connectivity index (χ0n) is 17.9. The molecule has 0 aromatic heterocycles. The number of rotatable bonds is 15. The number of allylic oxidation sites excluding steroid dienone is 2. The molecule has 0 unspecified atom stereocenters. The summed E-state index contributed by atoms with van der Waals surface area (Å²) in [6.07, 6.45) is 18.1. The molecule has 1 amide bonds. The van der Waals surface area contributed by atoms with Crippen molar-refractivity contribution in [3.8, 4) is 11.8 Å². The van der Waals surface area contributed by atoms with E-state index in [0.29, 0.717) is 0 Å². The Kier molecular flexibility index (Phi) is 17.6. The van der Waals surface area contributed by atoms with E-state index in [1.54, 1.807) is 11.8 Å². The summed E-state index contributed by atoms with van der Waals surface area (Å²) in [4.78, 5) is 15.3. The zero-order valence-corrected chi connectivity index (χ0v) is 17.9. The summed E-state index contributed by atoms with van der Waals surface area (Å²) in [5.74, 6) is 6.53. The average Bonchev–Trinajstić information content (AvgIpc) is 2.62. The Bertz CT molecular complexity index is 420. The third-order valence-corrected chi connectivity index (χ3v) is 4.72. The Morgan fingerprint density at radius 1 is 0.885 bits per heavy atom. The van der Waals surface area contributed by atoms with Crippen LogP contribution < -0.4 is 0 Å². The number of hydrogen-bond donors (Lipinski definition) is 0. The first-order chi connectivity index (χ1) is 12.6. The van der Waals surface area contributed by atoms with Gasteiger partial charge in [0.1, 0.15) is 0 Å². The maximum absolute atomic E-state index is 11.2. The molecule has 0 aromatic rings. The second-order valence-corrected chi connectivity index (χ2v) is 7.33. The fourth-order valence-electron chi connectivity index (χ4n) is 2.66. The molecule has 0 fully saturated rings. The molecule has 0 heterocycles. The molecular weight excluding hydrogens is 320 g/mol. The van der Waals surface area contributed by atoms with Gasteiger partial charge in [-0.05, 0) is 38.9 Å². The van der Waals surface area contributed by atoms with E-state index in [4.69, 9.17) is 0 Å². The SMILES string of the molecule is CCCC/C=C\C#CCCCCCCCCCN(C)CCN(C)C(C)=O. The zero-order chi connectivity index (χ0) is 19.5. The molecule has 0 bridgehead atoms. The summed E-state index contributed by atoms with van der Waals surface area (Å²) < 4.78 is 0. The van der Waals surface area contributed by atoms with Crippen molar-refractivity contribution in [2.45, 2.75) is 84.5 Å². The summed E-state index contributed by atoms with van der Waals surface area (Å²) >= 11 is 0. The van der Waals surface area contributed by atoms with Crippen molar-refractivity contribution in [1.82, 2.24) is 9.80 Å². The Morgan fingerprint density at radius 3 is 2.19 bits per heavy atom. The van der Waals surface area contributed by atoms with Gasteiger partial charge in [-0.15, -0.1) is 0 Å². The molecule has 0 aliphatic carbocycles. The number of carbonyl (C=O) groups is 1. The minimum atomic E-state index is 0.146. The van der Waals surface area contributed by atoms with Crippen LogP contribution in [0.1, 0.15) is 84.5 Å². The van der Waals surface area contributed by atoms with Gasteiger partial charge in [-0.3, -0.25) is 4.79 Å². The Hall–Kier alpha value is -1.27. The lowest BCUT2D eigenvalue weighted by Crippen LogP contribution is -2.33. The molecule has 0 radical (unpaired) electrons. The molecule has 0 atom stereocenters. The molecule has 0 aromatic carbocycles. The molecule has 0 saturated carbocycles. The largest absolute Gasteiger partial charge is 0.345 e. The van der Waals surface area contributed by atoms with Crippen molar-refractivity contribution in [2.24, 2.45) is 0 Å². The maximum atomic E-state index is 11.2. The van der Waals surface area contributed by atoms with Crippen LogP contribution in [0.5, 0.6) is 0 Å². The third kappa shape index (κ3) is 17.5. The fourth-order valence-corrected chi connectivity index (χ4v) is 2.66. The van der Waals surface area contributed by atoms with Crippen LogP contribution in [0.25, 0.3) is 0 Å². The van der Waals surface area contributed by atoms with Gasteiger partial charge in [-0.1, -0.05) is 69.8 Å². The number of hydrogen-bond acceptors (Lipinski definition) is 2. The van der Waals surface area contributed by atoms with E-state index in [0.717, 1.165) is 32.5 Å². The van der Waals surface area contributed by atoms with Gasteiger partial charge >= 0.3 is 0 Å². The van der Waals surface area contributed by atoms with Crippen LogP contribution >= 0.6 is 0 Å². The molecular formula is C23H42N2O. The van der Waals surface area contributed by atoms with Crippen LogP contribution in [0, 0.1) is 11.8 Å². The highest BCUT2D eigenvalue weighted by Crippen LogP contribution is 2.08. The number of nitrogens with zero attached hydrogens (tertiary/aromatic N) is 2. The first kappa shape index (κ1) is 24.7. The summed E-state index contributed by atoms with van der Waals surface area (Å²) in [6, 6.07) is 0. The van der Waals surface area contributed by atoms with Crippen LogP contribution in [0.2, 0.25) is 0 Å². The van der Waals surface area contributed by atoms with Gasteiger partial charge in [-0.25, -0.2) is 0 Å². The summed E-state index contributed by atoms with van der Waals surface area (Å²) in [5, 5.41) is 0. The Labute approximate surface area is 163 Å². The van der Waals surface area contributed by atoms with Gasteiger partial charge in [0.05, 0.1) is 0 Å². The smallest absolute Gasteiger partial charge is 0.219 e. The fraction of sp³-hybridized carbons (Fsp3) is 0.783. The lowest BCUT2D eigenvalue weighted by Gasteiger charge is -2.21. The molecule has 0 spiro atoms. The third-order valence-electron chi connectivity index (χ3n) is 4.72. The van der Waals surface area contributed by atoms with Gasteiger partial charge in [0.15, 0.2) is 0 Å². The van der Waals surface area contributed by atoms with E-state index in [1.807, 2.05) is 13.1 Å². The molecule has 0 N–H and O–H groups in total. The molecule has 0 aliphatic rings. The van der Waals surface area contributed by atoms with Crippen molar-refractivity contribution in [1.29, 1.82) is 0 Å². The van der Waals surface area contributed by atoms with Gasteiger partial charge in [0.25, 0.3) is 0 Å². The second-order valence-electron chi connectivity index (χ2n) is 7.33. The summed E-state index contributed by atoms with van der Waals surface area (Å²) in [6.45, 7) is 6.76. The summed E-state index contributed by atoms with van der Waals surface area (Å²) in [5.41, 5.74) is 0. The lowest BCUT2D eigenvalue weighted by molar-refractivity contribution is -0.127. The van der Waals surface area contributed by atoms with Crippen LogP contribution in [0.3, 0.4) is 0 Å². The monoisotopic (exact) mass is 362 g/mol. The van der Waals surface area contributed by atoms with Gasteiger partial charge < -0.3 is 9.80 Å². The number of unbranched alkanes of at least 4 members (excludes halogenated alkanes) is 9. The molecule has 26 heavy (non-hydrogen) atoms. The van der Waals surface area contributed by atoms with Gasteiger partial charge in [-0.2, -0.15) is 0 Å². The van der Waals surface area contributed by atoms with E-state index in [9.17, 15) is 4.79 Å². The highest BCUT2D eigenvalue weighted by atomic mass is 16.2. The van der Waals surface area contributed by atoms with Crippen LogP contribution in [0.4, 0.5) is 0 Å². The molecule has 0 saturated heterocycles. The first-order valence-corrected chi connectivity index (χ1v) is 10.6. The second kappa shape index (κ2) is 18.5. The molecule has 0 aliphatic heterocycles. The van der Waals surface area contributed by atoms with Crippen molar-refractivity contribution in [2.75, 3.05) is 33.7 Å². The number of carbonyl (C=O) groups excluding carboxylic acids is 1. The molecule has 3 nitrogen and oxygen atoms in total. The quantitative estimate of drug-likeness (QED) is 0.293. The Morgan fingerprint density at radius 2 is 1.54 bits per heavy atom. The topological polar surface area (TPSA) is 23.6 Å². The Balaban J connectivity index is 3.35. The predicted octanol–water partition coefficient (Wildman–Crippen LogP) is 5.27. The van der Waals surface area contributed by atoms with E-state index < -0.39 is 0 Å². The average molecular weight is 363 g/mol. The van der Waals surface area contributed by atoms with Gasteiger partial charge in [0.2, 0.25) is 5.91 Å². The van der Waals surface area contributed by atoms with E-state index in [1.165, 1.54) is 57.8 Å². The summed E-state index contributed by atoms with van der Waals surface area (Å²) in [7, 11) is 4.01. The number of amides is 1. The van der Waals surface area contributed by atoms with Gasteiger partial charge in [0, 0.05) is 33.5 Å². The van der Waals surface area contributed by atoms with Crippen molar-refractivity contribution >= 4 is 5.91 Å². The van der Waals surface area contributed by atoms with Crippen LogP contribution in [-0.4, -0.2) is 49.4 Å². The predicted molar refractivity (Wildman–Crippen MR) is 114 cm³/mol. The molecule has 3 heteroatoms. The van der Waals surface area contributed by atoms with Crippen molar-refractivity contribution in [3.05, 3.63) is 12.2 Å². The maximum Gasteiger partial charge on any atom is 0.219 e. The van der Waals surface area contributed by atoms with Crippen LogP contribution in [-0.2, 0) is 4.79 Å². The number of likely N-dealkylation sites (N-methyl/N-ethyl adjacent to an activating group) is 2. The van der Waals surface area contributed by atoms with E-state index >= 15 is 0 Å². The minimum absolute atomic E-state index is 0.146. The first-order valence-electron chi connectivity index (χ1n) is 10.6.